The number of hydrogen-bond acceptors (Lipinski definition) is 5. The van der Waals surface area contributed by atoms with E-state index in [1.165, 1.54) is 14.2 Å². The lowest BCUT2D eigenvalue weighted by Crippen LogP contribution is -2.41. The van der Waals surface area contributed by atoms with E-state index >= 15 is 0 Å². The molecule has 0 spiro atoms. The minimum absolute atomic E-state index is 0.0747. The number of benzene rings is 1. The quantitative estimate of drug-likeness (QED) is 0.596. The molecule has 0 amide bonds. The van der Waals surface area contributed by atoms with Gasteiger partial charge in [-0.1, -0.05) is 24.3 Å². The van der Waals surface area contributed by atoms with Gasteiger partial charge in [-0.05, 0) is 40.1 Å². The van der Waals surface area contributed by atoms with Crippen LogP contribution in [0.5, 0.6) is 0 Å². The fourth-order valence-electron chi connectivity index (χ4n) is 2.60. The number of carbonyl (C=O) groups excluding carboxylic acids is 3. The molecule has 0 N–H and O–H groups in total. The Bertz CT molecular complexity index is 747. The highest BCUT2D eigenvalue weighted by atomic mass is 79.9. The molecule has 1 aromatic rings. The Kier molecular flexibility index (Phi) is 4.85. The zero-order valence-electron chi connectivity index (χ0n) is 12.9. The number of hydrogen-bond donors (Lipinski definition) is 0. The minimum Gasteiger partial charge on any atom is -0.466 e. The van der Waals surface area contributed by atoms with Crippen molar-refractivity contribution in [3.63, 3.8) is 0 Å². The van der Waals surface area contributed by atoms with Gasteiger partial charge in [-0.15, -0.1) is 0 Å². The third-order valence-corrected chi connectivity index (χ3v) is 4.45. The van der Waals surface area contributed by atoms with Crippen molar-refractivity contribution in [3.05, 3.63) is 51.5 Å². The van der Waals surface area contributed by atoms with Crippen LogP contribution in [0, 0.1) is 0 Å². The first-order chi connectivity index (χ1) is 10.9. The summed E-state index contributed by atoms with van der Waals surface area (Å²) >= 11 is 3.24. The van der Waals surface area contributed by atoms with Gasteiger partial charge >= 0.3 is 11.9 Å². The number of fused-ring (bicyclic) bond motifs is 1. The van der Waals surface area contributed by atoms with Crippen molar-refractivity contribution in [2.45, 2.75) is 12.3 Å². The summed E-state index contributed by atoms with van der Waals surface area (Å²) in [5.74, 6) is -1.83. The summed E-state index contributed by atoms with van der Waals surface area (Å²) < 4.78 is 9.69. The molecule has 120 valence electrons. The average molecular weight is 379 g/mol. The van der Waals surface area contributed by atoms with E-state index in [0.717, 1.165) is 11.6 Å². The number of halogens is 1. The molecule has 0 aromatic heterocycles. The molecule has 5 nitrogen and oxygen atoms in total. The molecule has 1 aliphatic carbocycles. The largest absolute Gasteiger partial charge is 0.466 e. The van der Waals surface area contributed by atoms with E-state index in [9.17, 15) is 14.4 Å². The number of ether oxygens (including phenoxy) is 2. The molecule has 0 saturated heterocycles. The highest BCUT2D eigenvalue weighted by molar-refractivity contribution is 9.12. The van der Waals surface area contributed by atoms with Gasteiger partial charge in [-0.25, -0.2) is 9.59 Å². The fourth-order valence-corrected chi connectivity index (χ4v) is 3.25. The molecule has 0 saturated carbocycles. The average Bonchev–Trinajstić information content (AvgIpc) is 2.56. The summed E-state index contributed by atoms with van der Waals surface area (Å²) in [7, 11) is 2.39. The molecule has 0 bridgehead atoms. The standard InChI is InChI=1S/C17H15BrO5/c1-17(12(16(21)23-3)9-14(19)22-2)11-7-5-4-6-10(11)8-13(18)15(17)20/h4-9H,1-3H3/b12-9+/t17-/m0/s1. The summed E-state index contributed by atoms with van der Waals surface area (Å²) in [6.45, 7) is 1.59. The Balaban J connectivity index is 2.76. The summed E-state index contributed by atoms with van der Waals surface area (Å²) in [6, 6.07) is 7.17. The topological polar surface area (TPSA) is 69.7 Å². The Morgan fingerprint density at radius 1 is 1.17 bits per heavy atom. The monoisotopic (exact) mass is 378 g/mol. The molecule has 0 aliphatic heterocycles. The second kappa shape index (κ2) is 6.50. The first kappa shape index (κ1) is 17.1. The van der Waals surface area contributed by atoms with E-state index in [2.05, 4.69) is 20.7 Å². The van der Waals surface area contributed by atoms with Gasteiger partial charge in [-0.3, -0.25) is 4.79 Å². The number of allylic oxidation sites excluding steroid dienone is 1. The predicted molar refractivity (Wildman–Crippen MR) is 87.8 cm³/mol. The number of esters is 2. The van der Waals surface area contributed by atoms with Crippen LogP contribution in [0.15, 0.2) is 40.4 Å². The summed E-state index contributed by atoms with van der Waals surface area (Å²) in [6.07, 6.45) is 2.69. The van der Waals surface area contributed by atoms with Crippen molar-refractivity contribution in [3.8, 4) is 0 Å². The van der Waals surface area contributed by atoms with Gasteiger partial charge in [0.05, 0.1) is 29.7 Å². The highest BCUT2D eigenvalue weighted by Crippen LogP contribution is 2.43. The van der Waals surface area contributed by atoms with Crippen LogP contribution >= 0.6 is 15.9 Å². The number of Topliss-reactive ketones (excluding diaryl/α,β-unsaturated/α-hetero) is 1. The zero-order valence-corrected chi connectivity index (χ0v) is 14.5. The highest BCUT2D eigenvalue weighted by Gasteiger charge is 2.47. The van der Waals surface area contributed by atoms with Gasteiger partial charge in [0.2, 0.25) is 0 Å². The van der Waals surface area contributed by atoms with Gasteiger partial charge in [0.15, 0.2) is 5.78 Å². The fraction of sp³-hybridized carbons (Fsp3) is 0.235. The maximum absolute atomic E-state index is 12.8. The van der Waals surface area contributed by atoms with Crippen LogP contribution in [0.1, 0.15) is 18.1 Å². The second-order valence-corrected chi connectivity index (χ2v) is 5.96. The molecular formula is C17H15BrO5. The van der Waals surface area contributed by atoms with Crippen LogP contribution in [0.3, 0.4) is 0 Å². The molecule has 1 aliphatic rings. The van der Waals surface area contributed by atoms with Gasteiger partial charge in [0.1, 0.15) is 0 Å². The molecule has 2 rings (SSSR count). The Morgan fingerprint density at radius 2 is 1.83 bits per heavy atom. The van der Waals surface area contributed by atoms with Crippen molar-refractivity contribution in [1.29, 1.82) is 0 Å². The van der Waals surface area contributed by atoms with Crippen LogP contribution in [0.25, 0.3) is 6.08 Å². The van der Waals surface area contributed by atoms with Gasteiger partial charge in [0.25, 0.3) is 0 Å². The summed E-state index contributed by atoms with van der Waals surface area (Å²) in [4.78, 5) is 36.8. The predicted octanol–water partition coefficient (Wildman–Crippen LogP) is 2.54. The molecule has 0 radical (unpaired) electrons. The number of rotatable bonds is 3. The van der Waals surface area contributed by atoms with E-state index in [0.29, 0.717) is 10.0 Å². The maximum Gasteiger partial charge on any atom is 0.335 e. The summed E-state index contributed by atoms with van der Waals surface area (Å²) in [5.41, 5.74) is -0.0323. The van der Waals surface area contributed by atoms with Crippen LogP contribution in [-0.4, -0.2) is 31.9 Å². The van der Waals surface area contributed by atoms with Crippen molar-refractivity contribution >= 4 is 39.7 Å². The lowest BCUT2D eigenvalue weighted by Gasteiger charge is -2.34. The molecule has 1 atom stereocenters. The number of ketones is 1. The molecule has 0 heterocycles. The van der Waals surface area contributed by atoms with Gasteiger partial charge in [-0.2, -0.15) is 0 Å². The Morgan fingerprint density at radius 3 is 2.43 bits per heavy atom. The first-order valence-corrected chi connectivity index (χ1v) is 7.55. The molecule has 0 fully saturated rings. The summed E-state index contributed by atoms with van der Waals surface area (Å²) in [5, 5.41) is 0. The zero-order chi connectivity index (χ0) is 17.2. The second-order valence-electron chi connectivity index (χ2n) is 5.11. The van der Waals surface area contributed by atoms with E-state index in [1.807, 2.05) is 12.1 Å². The van der Waals surface area contributed by atoms with E-state index < -0.39 is 17.4 Å². The normalized spacial score (nSPS) is 20.4. The SMILES string of the molecule is COC(=O)/C=C(\C(=O)OC)[C@@]1(C)C(=O)C(Br)=Cc2ccccc21. The molecule has 23 heavy (non-hydrogen) atoms. The third-order valence-electron chi connectivity index (χ3n) is 3.86. The van der Waals surface area contributed by atoms with Crippen LogP contribution in [0.2, 0.25) is 0 Å². The van der Waals surface area contributed by atoms with Crippen molar-refractivity contribution < 1.29 is 23.9 Å². The molecule has 6 heteroatoms. The van der Waals surface area contributed by atoms with Crippen LogP contribution < -0.4 is 0 Å². The lowest BCUT2D eigenvalue weighted by atomic mass is 9.68. The lowest BCUT2D eigenvalue weighted by molar-refractivity contribution is -0.140. The van der Waals surface area contributed by atoms with Gasteiger partial charge < -0.3 is 9.47 Å². The van der Waals surface area contributed by atoms with Gasteiger partial charge in [0, 0.05) is 6.08 Å². The smallest absolute Gasteiger partial charge is 0.335 e. The maximum atomic E-state index is 12.8. The minimum atomic E-state index is -1.36. The molecule has 1 aromatic carbocycles. The van der Waals surface area contributed by atoms with E-state index in [1.54, 1.807) is 25.1 Å². The molecular weight excluding hydrogens is 364 g/mol. The number of carbonyl (C=O) groups is 3. The third kappa shape index (κ3) is 2.86. The van der Waals surface area contributed by atoms with E-state index in [4.69, 9.17) is 4.74 Å². The van der Waals surface area contributed by atoms with Crippen molar-refractivity contribution in [2.24, 2.45) is 0 Å². The first-order valence-electron chi connectivity index (χ1n) is 6.76. The van der Waals surface area contributed by atoms with Crippen molar-refractivity contribution in [1.82, 2.24) is 0 Å². The van der Waals surface area contributed by atoms with Crippen LogP contribution in [-0.2, 0) is 29.3 Å². The Labute approximate surface area is 142 Å². The molecule has 0 unspecified atom stereocenters. The number of methoxy groups -OCH3 is 2. The van der Waals surface area contributed by atoms with Crippen molar-refractivity contribution in [2.75, 3.05) is 14.2 Å². The van der Waals surface area contributed by atoms with E-state index in [-0.39, 0.29) is 11.4 Å². The Hall–Kier alpha value is -2.21. The van der Waals surface area contributed by atoms with Crippen LogP contribution in [0.4, 0.5) is 0 Å².